The summed E-state index contributed by atoms with van der Waals surface area (Å²) in [6.07, 6.45) is 0. The zero-order chi connectivity index (χ0) is 30.8. The minimum atomic E-state index is -5.15. The van der Waals surface area contributed by atoms with Gasteiger partial charge in [-0.2, -0.15) is 16.8 Å². The van der Waals surface area contributed by atoms with Gasteiger partial charge in [-0.05, 0) is 30.3 Å². The van der Waals surface area contributed by atoms with Gasteiger partial charge in [0.25, 0.3) is 20.2 Å². The Morgan fingerprint density at radius 2 is 1.44 bits per heavy atom. The second-order valence-electron chi connectivity index (χ2n) is 7.23. The number of rotatable bonds is 12. The van der Waals surface area contributed by atoms with E-state index in [1.54, 1.807) is 0 Å². The monoisotopic (exact) mass is 673 g/mol. The molecule has 41 heavy (non-hydrogen) atoms. The van der Waals surface area contributed by atoms with Gasteiger partial charge < -0.3 is 10.8 Å². The third-order valence-corrected chi connectivity index (χ3v) is 9.51. The molecule has 222 valence electrons. The summed E-state index contributed by atoms with van der Waals surface area (Å²) in [6.45, 7) is 3.14. The van der Waals surface area contributed by atoms with Crippen LogP contribution in [0.15, 0.2) is 77.0 Å². The predicted molar refractivity (Wildman–Crippen MR) is 139 cm³/mol. The Kier molecular flexibility index (Phi) is 9.96. The predicted octanol–water partition coefficient (Wildman–Crippen LogP) is 3.81. The number of nitrogens with two attached hydrogens (primary N) is 1. The number of phenolic OH excluding ortho intramolecular Hbond substituents is 1. The summed E-state index contributed by atoms with van der Waals surface area (Å²) < 4.78 is 101. The molecule has 18 nitrogen and oxygen atoms in total. The van der Waals surface area contributed by atoms with Gasteiger partial charge >= 0.3 is 0 Å². The van der Waals surface area contributed by atoms with Gasteiger partial charge in [-0.15, -0.1) is 18.9 Å². The molecular weight excluding hydrogens is 659 g/mol. The van der Waals surface area contributed by atoms with Crippen LogP contribution in [0.25, 0.3) is 10.8 Å². The SMILES string of the molecule is C=CS(=O)(=O)c1cc(N=Nc2c(SOOO)cc3c(S(=O)(=O)O)c(N)ccc3c2O)c(S(=O)(=O)O)cc1SOOO. The van der Waals surface area contributed by atoms with Gasteiger partial charge in [-0.1, -0.05) is 16.7 Å². The van der Waals surface area contributed by atoms with Crippen LogP contribution in [0.3, 0.4) is 0 Å². The number of sulfone groups is 1. The lowest BCUT2D eigenvalue weighted by molar-refractivity contribution is -0.432. The van der Waals surface area contributed by atoms with E-state index in [0.717, 1.165) is 18.2 Å². The number of aromatic hydroxyl groups is 1. The van der Waals surface area contributed by atoms with Gasteiger partial charge in [0.2, 0.25) is 9.84 Å². The molecule has 23 heteroatoms. The molecule has 0 heterocycles. The Labute approximate surface area is 238 Å². The third-order valence-electron chi connectivity index (χ3n) is 4.87. The Morgan fingerprint density at radius 1 is 0.829 bits per heavy atom. The van der Waals surface area contributed by atoms with E-state index in [9.17, 15) is 39.5 Å². The molecule has 0 amide bonds. The largest absolute Gasteiger partial charge is 0.505 e. The van der Waals surface area contributed by atoms with Crippen LogP contribution in [-0.4, -0.2) is 50.0 Å². The van der Waals surface area contributed by atoms with E-state index in [1.807, 2.05) is 0 Å². The van der Waals surface area contributed by atoms with Crippen LogP contribution in [0.2, 0.25) is 0 Å². The first-order valence-corrected chi connectivity index (χ1v) is 15.8. The number of hydrogen-bond donors (Lipinski definition) is 6. The van der Waals surface area contributed by atoms with Gasteiger partial charge in [0.1, 0.15) is 21.2 Å². The molecule has 3 rings (SSSR count). The molecule has 0 radical (unpaired) electrons. The van der Waals surface area contributed by atoms with E-state index < -0.39 is 72.5 Å². The fourth-order valence-electron chi connectivity index (χ4n) is 3.26. The number of azo groups is 1. The van der Waals surface area contributed by atoms with Gasteiger partial charge in [0.05, 0.1) is 44.5 Å². The molecule has 0 aliphatic heterocycles. The number of fused-ring (bicyclic) bond motifs is 1. The second kappa shape index (κ2) is 12.5. The first kappa shape index (κ1) is 32.6. The molecule has 3 aromatic carbocycles. The molecule has 0 aliphatic rings. The van der Waals surface area contributed by atoms with E-state index in [-0.39, 0.29) is 39.8 Å². The third kappa shape index (κ3) is 7.12. The highest BCUT2D eigenvalue weighted by molar-refractivity contribution is 7.97. The lowest BCUT2D eigenvalue weighted by atomic mass is 10.1. The van der Waals surface area contributed by atoms with Crippen molar-refractivity contribution >= 4 is 82.0 Å². The van der Waals surface area contributed by atoms with E-state index in [2.05, 4.69) is 35.6 Å². The van der Waals surface area contributed by atoms with Crippen molar-refractivity contribution < 1.29 is 68.7 Å². The number of hydrogen-bond acceptors (Lipinski definition) is 18. The molecule has 0 fully saturated rings. The Bertz CT molecular complexity index is 1880. The first-order chi connectivity index (χ1) is 19.1. The van der Waals surface area contributed by atoms with E-state index >= 15 is 0 Å². The lowest BCUT2D eigenvalue weighted by Gasteiger charge is -2.13. The van der Waals surface area contributed by atoms with E-state index in [0.29, 0.717) is 17.5 Å². The smallest absolute Gasteiger partial charge is 0.297 e. The summed E-state index contributed by atoms with van der Waals surface area (Å²) in [5.74, 6) is -0.840. The van der Waals surface area contributed by atoms with Crippen molar-refractivity contribution in [3.63, 3.8) is 0 Å². The highest BCUT2D eigenvalue weighted by atomic mass is 32.2. The number of nitrogens with zero attached hydrogens (tertiary/aromatic N) is 2. The summed E-state index contributed by atoms with van der Waals surface area (Å²) in [6, 6.07) is 4.35. The molecule has 0 bridgehead atoms. The first-order valence-electron chi connectivity index (χ1n) is 9.86. The topological polar surface area (TPSA) is 291 Å². The molecule has 0 unspecified atom stereocenters. The second-order valence-corrected chi connectivity index (χ2v) is 13.3. The van der Waals surface area contributed by atoms with Crippen LogP contribution in [-0.2, 0) is 48.8 Å². The molecule has 3 aromatic rings. The van der Waals surface area contributed by atoms with Crippen molar-refractivity contribution in [3.05, 3.63) is 42.3 Å². The maximum absolute atomic E-state index is 12.5. The number of benzene rings is 3. The summed E-state index contributed by atoms with van der Waals surface area (Å²) in [7, 11) is -14.5. The fourth-order valence-corrected chi connectivity index (χ4v) is 6.92. The van der Waals surface area contributed by atoms with Crippen molar-refractivity contribution in [2.24, 2.45) is 10.2 Å². The van der Waals surface area contributed by atoms with Crippen molar-refractivity contribution in [3.8, 4) is 5.75 Å². The van der Waals surface area contributed by atoms with Crippen molar-refractivity contribution in [1.29, 1.82) is 0 Å². The van der Waals surface area contributed by atoms with Crippen LogP contribution >= 0.6 is 24.1 Å². The summed E-state index contributed by atoms with van der Waals surface area (Å²) in [5, 5.41) is 42.0. The number of anilines is 1. The van der Waals surface area contributed by atoms with Crippen molar-refractivity contribution in [1.82, 2.24) is 0 Å². The standard InChI is InChI=1S/C18H15N3O15S5/c1-2-39(25,26)15-6-11(14(40(27,28)29)7-12(15)37-35-33-23)20-21-16-13(38-36-34-24)5-9-8(17(16)22)3-4-10(19)18(9)41(30,31)32/h2-7,22-24H,1,19H2,(H,27,28,29)(H,30,31,32). The van der Waals surface area contributed by atoms with Gasteiger partial charge in [0, 0.05) is 16.2 Å². The fraction of sp³-hybridized carbons (Fsp3) is 0. The molecule has 0 saturated carbocycles. The van der Waals surface area contributed by atoms with Crippen molar-refractivity contribution in [2.45, 2.75) is 24.5 Å². The molecule has 0 aromatic heterocycles. The van der Waals surface area contributed by atoms with Gasteiger partial charge in [-0.25, -0.2) is 18.9 Å². The molecule has 0 spiro atoms. The van der Waals surface area contributed by atoms with Crippen LogP contribution in [0.5, 0.6) is 5.75 Å². The lowest BCUT2D eigenvalue weighted by Crippen LogP contribution is -2.04. The van der Waals surface area contributed by atoms with Crippen LogP contribution in [0, 0.1) is 0 Å². The average Bonchev–Trinajstić information content (AvgIpc) is 2.88. The van der Waals surface area contributed by atoms with Crippen LogP contribution < -0.4 is 5.73 Å². The quantitative estimate of drug-likeness (QED) is 0.0397. The zero-order valence-electron chi connectivity index (χ0n) is 19.5. The van der Waals surface area contributed by atoms with Crippen LogP contribution in [0.1, 0.15) is 0 Å². The number of phenols is 1. The van der Waals surface area contributed by atoms with Crippen LogP contribution in [0.4, 0.5) is 17.1 Å². The Morgan fingerprint density at radius 3 is 1.98 bits per heavy atom. The normalized spacial score (nSPS) is 12.8. The minimum Gasteiger partial charge on any atom is -0.505 e. The van der Waals surface area contributed by atoms with Gasteiger partial charge in [0.15, 0.2) is 5.75 Å². The van der Waals surface area contributed by atoms with Gasteiger partial charge in [-0.3, -0.25) is 9.11 Å². The highest BCUT2D eigenvalue weighted by Gasteiger charge is 2.27. The Balaban J connectivity index is 2.38. The van der Waals surface area contributed by atoms with E-state index in [1.165, 1.54) is 0 Å². The summed E-state index contributed by atoms with van der Waals surface area (Å²) in [4.78, 5) is -3.41. The molecule has 0 atom stereocenters. The average molecular weight is 674 g/mol. The van der Waals surface area contributed by atoms with E-state index in [4.69, 9.17) is 16.2 Å². The maximum atomic E-state index is 12.5. The zero-order valence-corrected chi connectivity index (χ0v) is 23.6. The highest BCUT2D eigenvalue weighted by Crippen LogP contribution is 2.47. The maximum Gasteiger partial charge on any atom is 0.297 e. The summed E-state index contributed by atoms with van der Waals surface area (Å²) >= 11 is 0.170. The molecule has 0 saturated heterocycles. The molecular formula is C18H15N3O15S5. The Hall–Kier alpha value is -2.91. The summed E-state index contributed by atoms with van der Waals surface area (Å²) in [5.41, 5.74) is 3.86. The molecule has 0 aliphatic carbocycles. The van der Waals surface area contributed by atoms with Crippen molar-refractivity contribution in [2.75, 3.05) is 5.73 Å². The minimum absolute atomic E-state index is 0.0384. The molecule has 7 N–H and O–H groups in total. The number of nitrogen functional groups attached to an aromatic ring is 1.